The Kier molecular flexibility index (Phi) is 7.30. The van der Waals surface area contributed by atoms with Gasteiger partial charge in [-0.05, 0) is 139 Å². The SMILES string of the molecule is CN(C)CCCN(C)C1CCC2C3CCc4cc(OCCCN)ccc4C3CC[C@@]21C. The molecule has 2 N–H and O–H groups in total. The van der Waals surface area contributed by atoms with E-state index < -0.39 is 0 Å². The van der Waals surface area contributed by atoms with E-state index >= 15 is 0 Å². The van der Waals surface area contributed by atoms with E-state index in [1.165, 1.54) is 58.0 Å². The van der Waals surface area contributed by atoms with Gasteiger partial charge in [0.1, 0.15) is 5.75 Å². The van der Waals surface area contributed by atoms with Crippen LogP contribution >= 0.6 is 0 Å². The molecule has 0 spiro atoms. The first-order chi connectivity index (χ1) is 14.9. The zero-order chi connectivity index (χ0) is 22.0. The lowest BCUT2D eigenvalue weighted by Crippen LogP contribution is -2.49. The van der Waals surface area contributed by atoms with E-state index in [1.54, 1.807) is 11.1 Å². The lowest BCUT2D eigenvalue weighted by molar-refractivity contribution is 0.00697. The van der Waals surface area contributed by atoms with Crippen molar-refractivity contribution in [1.29, 1.82) is 0 Å². The molecule has 31 heavy (non-hydrogen) atoms. The maximum atomic E-state index is 5.93. The van der Waals surface area contributed by atoms with Crippen LogP contribution in [0.3, 0.4) is 0 Å². The second kappa shape index (κ2) is 9.80. The summed E-state index contributed by atoms with van der Waals surface area (Å²) in [5.41, 5.74) is 9.28. The fourth-order valence-corrected chi connectivity index (χ4v) is 7.41. The third-order valence-corrected chi connectivity index (χ3v) is 8.91. The third kappa shape index (κ3) is 4.67. The van der Waals surface area contributed by atoms with Gasteiger partial charge >= 0.3 is 0 Å². The number of nitrogens with zero attached hydrogens (tertiary/aromatic N) is 2. The second-order valence-corrected chi connectivity index (χ2v) is 11.0. The lowest BCUT2D eigenvalue weighted by Gasteiger charge is -2.52. The molecule has 5 atom stereocenters. The molecule has 0 aliphatic heterocycles. The van der Waals surface area contributed by atoms with Crippen molar-refractivity contribution >= 4 is 0 Å². The van der Waals surface area contributed by atoms with Crippen molar-refractivity contribution in [2.24, 2.45) is 23.0 Å². The fraction of sp³-hybridized carbons (Fsp3) is 0.778. The summed E-state index contributed by atoms with van der Waals surface area (Å²) in [4.78, 5) is 5.03. The highest BCUT2D eigenvalue weighted by Crippen LogP contribution is 2.61. The molecule has 4 heteroatoms. The summed E-state index contributed by atoms with van der Waals surface area (Å²) >= 11 is 0. The molecule has 0 aromatic heterocycles. The van der Waals surface area contributed by atoms with E-state index in [0.29, 0.717) is 12.0 Å². The Labute approximate surface area is 190 Å². The van der Waals surface area contributed by atoms with Gasteiger partial charge in [-0.25, -0.2) is 0 Å². The van der Waals surface area contributed by atoms with Crippen molar-refractivity contribution in [1.82, 2.24) is 9.80 Å². The number of aryl methyl sites for hydroxylation is 1. The van der Waals surface area contributed by atoms with E-state index in [-0.39, 0.29) is 0 Å². The Morgan fingerprint density at radius 1 is 1.06 bits per heavy atom. The molecular weight excluding hydrogens is 382 g/mol. The number of benzene rings is 1. The molecule has 4 unspecified atom stereocenters. The van der Waals surface area contributed by atoms with Gasteiger partial charge < -0.3 is 20.3 Å². The lowest BCUT2D eigenvalue weighted by atomic mass is 9.55. The van der Waals surface area contributed by atoms with Crippen LogP contribution in [0.2, 0.25) is 0 Å². The van der Waals surface area contributed by atoms with Crippen molar-refractivity contribution in [2.45, 2.75) is 70.3 Å². The third-order valence-electron chi connectivity index (χ3n) is 8.91. The molecule has 2 saturated carbocycles. The Morgan fingerprint density at radius 3 is 2.68 bits per heavy atom. The molecule has 3 aliphatic rings. The van der Waals surface area contributed by atoms with Gasteiger partial charge in [0.2, 0.25) is 0 Å². The van der Waals surface area contributed by atoms with Crippen LogP contribution in [-0.4, -0.2) is 63.2 Å². The number of rotatable bonds is 9. The van der Waals surface area contributed by atoms with Crippen molar-refractivity contribution in [3.05, 3.63) is 29.3 Å². The van der Waals surface area contributed by atoms with Gasteiger partial charge in [-0.1, -0.05) is 13.0 Å². The van der Waals surface area contributed by atoms with Crippen LogP contribution in [0, 0.1) is 17.3 Å². The minimum atomic E-state index is 0.497. The molecular formula is C27H45N3O. The van der Waals surface area contributed by atoms with E-state index in [4.69, 9.17) is 10.5 Å². The largest absolute Gasteiger partial charge is 0.494 e. The summed E-state index contributed by atoms with van der Waals surface area (Å²) in [7, 11) is 6.76. The molecule has 1 aromatic carbocycles. The maximum absolute atomic E-state index is 5.93. The minimum Gasteiger partial charge on any atom is -0.494 e. The van der Waals surface area contributed by atoms with Crippen LogP contribution in [0.15, 0.2) is 18.2 Å². The number of nitrogens with two attached hydrogens (primary N) is 1. The summed E-state index contributed by atoms with van der Waals surface area (Å²) in [6, 6.07) is 7.69. The van der Waals surface area contributed by atoms with Gasteiger partial charge in [0.25, 0.3) is 0 Å². The van der Waals surface area contributed by atoms with Crippen molar-refractivity contribution in [3.63, 3.8) is 0 Å². The predicted octanol–water partition coefficient (Wildman–Crippen LogP) is 4.52. The van der Waals surface area contributed by atoms with Gasteiger partial charge in [-0.15, -0.1) is 0 Å². The van der Waals surface area contributed by atoms with Crippen LogP contribution in [0.1, 0.15) is 68.9 Å². The molecule has 0 saturated heterocycles. The van der Waals surface area contributed by atoms with Gasteiger partial charge in [0.05, 0.1) is 6.61 Å². The molecule has 3 aliphatic carbocycles. The Balaban J connectivity index is 1.44. The fourth-order valence-electron chi connectivity index (χ4n) is 7.41. The first-order valence-electron chi connectivity index (χ1n) is 12.7. The monoisotopic (exact) mass is 427 g/mol. The van der Waals surface area contributed by atoms with E-state index in [9.17, 15) is 0 Å². The van der Waals surface area contributed by atoms with Crippen LogP contribution in [0.4, 0.5) is 0 Å². The number of hydrogen-bond donors (Lipinski definition) is 1. The molecule has 1 aromatic rings. The Morgan fingerprint density at radius 2 is 1.90 bits per heavy atom. The topological polar surface area (TPSA) is 41.7 Å². The van der Waals surface area contributed by atoms with Crippen molar-refractivity contribution in [3.8, 4) is 5.75 Å². The van der Waals surface area contributed by atoms with E-state index in [1.807, 2.05) is 0 Å². The average Bonchev–Trinajstić information content (AvgIpc) is 3.10. The van der Waals surface area contributed by atoms with Gasteiger partial charge in [0, 0.05) is 6.04 Å². The predicted molar refractivity (Wildman–Crippen MR) is 130 cm³/mol. The molecule has 0 amide bonds. The standard InChI is InChI=1S/C27H45N3O/c1-27-14-13-23-22-10-8-21(31-18-5-15-28)19-20(22)7-9-24(23)25(27)11-12-26(27)30(4)17-6-16-29(2)3/h8,10,19,23-26H,5-7,9,11-18,28H2,1-4H3/t23?,24?,25?,26?,27-/m0/s1. The number of hydrogen-bond acceptors (Lipinski definition) is 4. The summed E-state index contributed by atoms with van der Waals surface area (Å²) in [6.07, 6.45) is 10.3. The molecule has 174 valence electrons. The smallest absolute Gasteiger partial charge is 0.119 e. The first kappa shape index (κ1) is 23.1. The molecule has 0 heterocycles. The normalized spacial score (nSPS) is 32.1. The summed E-state index contributed by atoms with van der Waals surface area (Å²) in [6.45, 7) is 6.48. The van der Waals surface area contributed by atoms with Crippen molar-refractivity contribution < 1.29 is 4.74 Å². The number of fused-ring (bicyclic) bond motifs is 5. The highest BCUT2D eigenvalue weighted by atomic mass is 16.5. The van der Waals surface area contributed by atoms with E-state index in [2.05, 4.69) is 56.1 Å². The quantitative estimate of drug-likeness (QED) is 0.588. The highest BCUT2D eigenvalue weighted by Gasteiger charge is 2.55. The van der Waals surface area contributed by atoms with Crippen LogP contribution in [0.5, 0.6) is 5.75 Å². The second-order valence-electron chi connectivity index (χ2n) is 11.0. The molecule has 4 rings (SSSR count). The minimum absolute atomic E-state index is 0.497. The zero-order valence-corrected chi connectivity index (χ0v) is 20.4. The Bertz CT molecular complexity index is 735. The Hall–Kier alpha value is -1.10. The number of ether oxygens (including phenoxy) is 1. The zero-order valence-electron chi connectivity index (χ0n) is 20.4. The maximum Gasteiger partial charge on any atom is 0.119 e. The average molecular weight is 428 g/mol. The first-order valence-corrected chi connectivity index (χ1v) is 12.7. The van der Waals surface area contributed by atoms with Crippen LogP contribution in [-0.2, 0) is 6.42 Å². The van der Waals surface area contributed by atoms with Gasteiger partial charge in [-0.2, -0.15) is 0 Å². The molecule has 2 fully saturated rings. The molecule has 4 nitrogen and oxygen atoms in total. The molecule has 0 bridgehead atoms. The van der Waals surface area contributed by atoms with Gasteiger partial charge in [0.15, 0.2) is 0 Å². The summed E-state index contributed by atoms with van der Waals surface area (Å²) in [5, 5.41) is 0. The van der Waals surface area contributed by atoms with Crippen LogP contribution in [0.25, 0.3) is 0 Å². The highest BCUT2D eigenvalue weighted by molar-refractivity contribution is 5.40. The molecule has 0 radical (unpaired) electrons. The summed E-state index contributed by atoms with van der Waals surface area (Å²) < 4.78 is 5.93. The van der Waals surface area contributed by atoms with Crippen molar-refractivity contribution in [2.75, 3.05) is 47.4 Å². The van der Waals surface area contributed by atoms with Gasteiger partial charge in [-0.3, -0.25) is 0 Å². The summed E-state index contributed by atoms with van der Waals surface area (Å²) in [5.74, 6) is 3.56. The van der Waals surface area contributed by atoms with E-state index in [0.717, 1.165) is 42.6 Å². The van der Waals surface area contributed by atoms with Crippen LogP contribution < -0.4 is 10.5 Å².